The molecule has 8 heteroatoms. The summed E-state index contributed by atoms with van der Waals surface area (Å²) >= 11 is 0. The first-order chi connectivity index (χ1) is 15.8. The van der Waals surface area contributed by atoms with Crippen LogP contribution in [-0.2, 0) is 14.3 Å². The monoisotopic (exact) mass is 452 g/mol. The number of carboxylic acids is 1. The predicted octanol–water partition coefficient (Wildman–Crippen LogP) is 4.01. The van der Waals surface area contributed by atoms with Gasteiger partial charge in [0, 0.05) is 19.5 Å². The second-order valence-electron chi connectivity index (χ2n) is 8.12. The molecule has 33 heavy (non-hydrogen) atoms. The van der Waals surface area contributed by atoms with Gasteiger partial charge in [0.05, 0.1) is 0 Å². The van der Waals surface area contributed by atoms with Crippen LogP contribution < -0.4 is 5.32 Å². The standard InChI is InChI=1S/C25H28N2O6/c1-4-15-32-24(31)27(3)14-13-25(2,22(28)29)26-23(30)33-16-21-19-11-7-5-9-17(19)18-10-6-8-12-20(18)21/h4-12,21H,1,13-16H2,2-3H3,(H,26,30)(H,28,29)/t25-/m1/s1. The topological polar surface area (TPSA) is 105 Å². The summed E-state index contributed by atoms with van der Waals surface area (Å²) in [6, 6.07) is 15.9. The summed E-state index contributed by atoms with van der Waals surface area (Å²) in [6.45, 7) is 5.03. The van der Waals surface area contributed by atoms with Crippen molar-refractivity contribution in [1.29, 1.82) is 0 Å². The number of hydrogen-bond donors (Lipinski definition) is 2. The zero-order valence-corrected chi connectivity index (χ0v) is 18.7. The number of alkyl carbamates (subject to hydrolysis) is 1. The Kier molecular flexibility index (Phi) is 7.37. The molecule has 0 heterocycles. The fourth-order valence-corrected chi connectivity index (χ4v) is 3.81. The number of hydrogen-bond acceptors (Lipinski definition) is 5. The van der Waals surface area contributed by atoms with Gasteiger partial charge in [0.15, 0.2) is 0 Å². The maximum absolute atomic E-state index is 12.6. The van der Waals surface area contributed by atoms with Gasteiger partial charge in [-0.1, -0.05) is 61.2 Å². The lowest BCUT2D eigenvalue weighted by molar-refractivity contribution is -0.144. The Hall–Kier alpha value is -3.81. The number of benzene rings is 2. The van der Waals surface area contributed by atoms with Gasteiger partial charge in [-0.05, 0) is 35.6 Å². The number of amides is 2. The van der Waals surface area contributed by atoms with Gasteiger partial charge in [0.1, 0.15) is 18.8 Å². The molecule has 2 aromatic carbocycles. The number of nitrogens with zero attached hydrogens (tertiary/aromatic N) is 1. The fraction of sp³-hybridized carbons (Fsp3) is 0.320. The largest absolute Gasteiger partial charge is 0.480 e. The third-order valence-electron chi connectivity index (χ3n) is 5.78. The molecule has 0 saturated carbocycles. The molecule has 1 aliphatic carbocycles. The van der Waals surface area contributed by atoms with Crippen LogP contribution in [0.5, 0.6) is 0 Å². The molecular weight excluding hydrogens is 424 g/mol. The summed E-state index contributed by atoms with van der Waals surface area (Å²) in [5, 5.41) is 12.1. The van der Waals surface area contributed by atoms with E-state index in [9.17, 15) is 19.5 Å². The zero-order valence-electron chi connectivity index (χ0n) is 18.7. The van der Waals surface area contributed by atoms with Crippen LogP contribution in [0, 0.1) is 0 Å². The highest BCUT2D eigenvalue weighted by molar-refractivity contribution is 5.84. The molecule has 0 fully saturated rings. The van der Waals surface area contributed by atoms with Crippen LogP contribution in [0.3, 0.4) is 0 Å². The van der Waals surface area contributed by atoms with Crippen LogP contribution in [0.4, 0.5) is 9.59 Å². The van der Waals surface area contributed by atoms with Crippen molar-refractivity contribution in [2.24, 2.45) is 0 Å². The Morgan fingerprint density at radius 2 is 1.67 bits per heavy atom. The average Bonchev–Trinajstić information content (AvgIpc) is 3.13. The number of fused-ring (bicyclic) bond motifs is 3. The average molecular weight is 453 g/mol. The predicted molar refractivity (Wildman–Crippen MR) is 123 cm³/mol. The van der Waals surface area contributed by atoms with Gasteiger partial charge in [0.25, 0.3) is 0 Å². The smallest absolute Gasteiger partial charge is 0.409 e. The van der Waals surface area contributed by atoms with Gasteiger partial charge in [-0.15, -0.1) is 0 Å². The number of carbonyl (C=O) groups is 3. The molecular formula is C25H28N2O6. The minimum atomic E-state index is -1.63. The molecule has 1 aliphatic rings. The highest BCUT2D eigenvalue weighted by Gasteiger charge is 2.37. The van der Waals surface area contributed by atoms with E-state index in [1.165, 1.54) is 24.9 Å². The van der Waals surface area contributed by atoms with Gasteiger partial charge >= 0.3 is 18.2 Å². The van der Waals surface area contributed by atoms with Crippen LogP contribution in [0.25, 0.3) is 11.1 Å². The molecule has 3 rings (SSSR count). The van der Waals surface area contributed by atoms with Gasteiger partial charge in [0.2, 0.25) is 0 Å². The lowest BCUT2D eigenvalue weighted by Gasteiger charge is -2.28. The molecule has 0 saturated heterocycles. The van der Waals surface area contributed by atoms with Gasteiger partial charge in [-0.3, -0.25) is 0 Å². The second-order valence-corrected chi connectivity index (χ2v) is 8.12. The van der Waals surface area contributed by atoms with E-state index in [0.717, 1.165) is 22.3 Å². The van der Waals surface area contributed by atoms with E-state index >= 15 is 0 Å². The van der Waals surface area contributed by atoms with E-state index in [0.29, 0.717) is 0 Å². The van der Waals surface area contributed by atoms with Crippen LogP contribution in [0.15, 0.2) is 61.2 Å². The number of ether oxygens (including phenoxy) is 2. The molecule has 0 unspecified atom stereocenters. The van der Waals surface area contributed by atoms with E-state index in [1.807, 2.05) is 48.5 Å². The molecule has 0 radical (unpaired) electrons. The van der Waals surface area contributed by atoms with Crippen molar-refractivity contribution in [2.45, 2.75) is 24.8 Å². The molecule has 8 nitrogen and oxygen atoms in total. The van der Waals surface area contributed by atoms with Gasteiger partial charge in [-0.25, -0.2) is 14.4 Å². The number of carboxylic acid groups (broad SMARTS) is 1. The Morgan fingerprint density at radius 3 is 2.21 bits per heavy atom. The number of carbonyl (C=O) groups excluding carboxylic acids is 2. The van der Waals surface area contributed by atoms with E-state index in [4.69, 9.17) is 9.47 Å². The van der Waals surface area contributed by atoms with Crippen molar-refractivity contribution in [1.82, 2.24) is 10.2 Å². The van der Waals surface area contributed by atoms with Crippen LogP contribution in [0.1, 0.15) is 30.4 Å². The Labute approximate surface area is 192 Å². The maximum Gasteiger partial charge on any atom is 0.409 e. The summed E-state index contributed by atoms with van der Waals surface area (Å²) in [5.74, 6) is -1.37. The van der Waals surface area contributed by atoms with Crippen LogP contribution in [-0.4, -0.2) is 60.5 Å². The summed E-state index contributed by atoms with van der Waals surface area (Å²) in [6.07, 6.45) is -0.0414. The Bertz CT molecular complexity index is 1010. The highest BCUT2D eigenvalue weighted by Crippen LogP contribution is 2.44. The molecule has 2 N–H and O–H groups in total. The zero-order chi connectivity index (χ0) is 24.0. The first kappa shape index (κ1) is 23.8. The molecule has 0 spiro atoms. The lowest BCUT2D eigenvalue weighted by Crippen LogP contribution is -2.54. The minimum absolute atomic E-state index is 0.0355. The molecule has 0 aromatic heterocycles. The van der Waals surface area contributed by atoms with Crippen molar-refractivity contribution >= 4 is 18.2 Å². The third-order valence-corrected chi connectivity index (χ3v) is 5.78. The quantitative estimate of drug-likeness (QED) is 0.557. The van der Waals surface area contributed by atoms with Crippen molar-refractivity contribution in [3.05, 3.63) is 72.3 Å². The van der Waals surface area contributed by atoms with E-state index in [-0.39, 0.29) is 32.1 Å². The van der Waals surface area contributed by atoms with E-state index in [2.05, 4.69) is 11.9 Å². The minimum Gasteiger partial charge on any atom is -0.480 e. The lowest BCUT2D eigenvalue weighted by atomic mass is 9.97. The Morgan fingerprint density at radius 1 is 1.09 bits per heavy atom. The number of aliphatic carboxylic acids is 1. The van der Waals surface area contributed by atoms with E-state index in [1.54, 1.807) is 0 Å². The van der Waals surface area contributed by atoms with Gasteiger partial charge < -0.3 is 24.8 Å². The second kappa shape index (κ2) is 10.2. The SMILES string of the molecule is C=CCOC(=O)N(C)CC[C@@](C)(NC(=O)OCC1c2ccccc2-c2ccccc21)C(=O)O. The van der Waals surface area contributed by atoms with Gasteiger partial charge in [-0.2, -0.15) is 0 Å². The number of nitrogens with one attached hydrogen (secondary N) is 1. The van der Waals surface area contributed by atoms with Crippen molar-refractivity contribution in [3.63, 3.8) is 0 Å². The molecule has 1 atom stereocenters. The fourth-order valence-electron chi connectivity index (χ4n) is 3.81. The molecule has 2 amide bonds. The molecule has 0 aliphatic heterocycles. The van der Waals surface area contributed by atoms with Crippen molar-refractivity contribution in [3.8, 4) is 11.1 Å². The van der Waals surface area contributed by atoms with Crippen LogP contribution in [0.2, 0.25) is 0 Å². The van der Waals surface area contributed by atoms with Crippen molar-refractivity contribution < 1.29 is 29.0 Å². The molecule has 174 valence electrons. The molecule has 0 bridgehead atoms. The first-order valence-corrected chi connectivity index (χ1v) is 10.6. The summed E-state index contributed by atoms with van der Waals surface area (Å²) in [4.78, 5) is 37.5. The molecule has 2 aromatic rings. The normalized spacial score (nSPS) is 13.8. The third kappa shape index (κ3) is 5.34. The number of rotatable bonds is 9. The van der Waals surface area contributed by atoms with E-state index < -0.39 is 23.7 Å². The Balaban J connectivity index is 1.62. The summed E-state index contributed by atoms with van der Waals surface area (Å²) in [5.41, 5.74) is 2.70. The van der Waals surface area contributed by atoms with Crippen LogP contribution >= 0.6 is 0 Å². The summed E-state index contributed by atoms with van der Waals surface area (Å²) < 4.78 is 10.4. The summed E-state index contributed by atoms with van der Waals surface area (Å²) in [7, 11) is 1.49. The first-order valence-electron chi connectivity index (χ1n) is 10.6. The van der Waals surface area contributed by atoms with Crippen molar-refractivity contribution in [2.75, 3.05) is 26.8 Å². The highest BCUT2D eigenvalue weighted by atomic mass is 16.6. The maximum atomic E-state index is 12.6.